The second-order valence-corrected chi connectivity index (χ2v) is 3.98. The number of halogens is 2. The Morgan fingerprint density at radius 1 is 1.12 bits per heavy atom. The Labute approximate surface area is 103 Å². The standard InChI is InChI=1S/C12H6Cl2N2/c13-11-2-1-8(5-12(11)14)10-7-16-4-3-9(10)6-15/h1-5,7H. The molecule has 16 heavy (non-hydrogen) atoms. The Morgan fingerprint density at radius 3 is 2.62 bits per heavy atom. The molecule has 0 aliphatic heterocycles. The molecule has 0 atom stereocenters. The topological polar surface area (TPSA) is 36.7 Å². The first-order chi connectivity index (χ1) is 7.72. The number of nitriles is 1. The monoisotopic (exact) mass is 248 g/mol. The molecule has 78 valence electrons. The highest BCUT2D eigenvalue weighted by molar-refractivity contribution is 6.42. The number of benzene rings is 1. The van der Waals surface area contributed by atoms with Crippen LogP contribution in [-0.4, -0.2) is 4.98 Å². The SMILES string of the molecule is N#Cc1ccncc1-c1ccc(Cl)c(Cl)c1. The summed E-state index contributed by atoms with van der Waals surface area (Å²) in [6.07, 6.45) is 3.22. The molecule has 1 heterocycles. The smallest absolute Gasteiger partial charge is 0.0999 e. The molecule has 1 aromatic heterocycles. The molecular formula is C12H6Cl2N2. The zero-order chi connectivity index (χ0) is 11.5. The number of pyridine rings is 1. The van der Waals surface area contributed by atoms with Crippen molar-refractivity contribution in [3.8, 4) is 17.2 Å². The third-order valence-corrected chi connectivity index (χ3v) is 2.91. The molecule has 0 saturated heterocycles. The number of rotatable bonds is 1. The average molecular weight is 249 g/mol. The average Bonchev–Trinajstić information content (AvgIpc) is 2.32. The lowest BCUT2D eigenvalue weighted by Gasteiger charge is -2.04. The Morgan fingerprint density at radius 2 is 1.94 bits per heavy atom. The quantitative estimate of drug-likeness (QED) is 0.767. The van der Waals surface area contributed by atoms with Gasteiger partial charge >= 0.3 is 0 Å². The van der Waals surface area contributed by atoms with Crippen molar-refractivity contribution in [2.75, 3.05) is 0 Å². The van der Waals surface area contributed by atoms with E-state index in [1.165, 1.54) is 0 Å². The van der Waals surface area contributed by atoms with Crippen molar-refractivity contribution >= 4 is 23.2 Å². The minimum Gasteiger partial charge on any atom is -0.264 e. The van der Waals surface area contributed by atoms with Crippen molar-refractivity contribution in [1.82, 2.24) is 4.98 Å². The van der Waals surface area contributed by atoms with Gasteiger partial charge in [-0.25, -0.2) is 0 Å². The summed E-state index contributed by atoms with van der Waals surface area (Å²) in [5.41, 5.74) is 2.15. The Bertz CT molecular complexity index is 573. The minimum atomic E-state index is 0.465. The van der Waals surface area contributed by atoms with Gasteiger partial charge in [0.15, 0.2) is 0 Å². The van der Waals surface area contributed by atoms with E-state index < -0.39 is 0 Å². The molecule has 0 saturated carbocycles. The molecule has 4 heteroatoms. The van der Waals surface area contributed by atoms with E-state index in [4.69, 9.17) is 28.5 Å². The summed E-state index contributed by atoms with van der Waals surface area (Å²) >= 11 is 11.8. The van der Waals surface area contributed by atoms with Crippen molar-refractivity contribution in [2.45, 2.75) is 0 Å². The van der Waals surface area contributed by atoms with Crippen LogP contribution in [0.5, 0.6) is 0 Å². The Hall–Kier alpha value is -1.56. The van der Waals surface area contributed by atoms with Gasteiger partial charge in [0.25, 0.3) is 0 Å². The van der Waals surface area contributed by atoms with E-state index in [1.54, 1.807) is 30.6 Å². The first-order valence-electron chi connectivity index (χ1n) is 4.52. The fourth-order valence-corrected chi connectivity index (χ4v) is 1.68. The fraction of sp³-hybridized carbons (Fsp3) is 0. The van der Waals surface area contributed by atoms with Gasteiger partial charge in [0, 0.05) is 18.0 Å². The fourth-order valence-electron chi connectivity index (χ4n) is 1.39. The summed E-state index contributed by atoms with van der Waals surface area (Å²) in [7, 11) is 0. The second-order valence-electron chi connectivity index (χ2n) is 3.16. The molecule has 1 aromatic carbocycles. The van der Waals surface area contributed by atoms with Gasteiger partial charge in [-0.15, -0.1) is 0 Å². The molecular weight excluding hydrogens is 243 g/mol. The Balaban J connectivity index is 2.60. The van der Waals surface area contributed by atoms with Crippen LogP contribution in [0.15, 0.2) is 36.7 Å². The van der Waals surface area contributed by atoms with Crippen LogP contribution in [0.4, 0.5) is 0 Å². The highest BCUT2D eigenvalue weighted by Gasteiger charge is 2.06. The van der Waals surface area contributed by atoms with Crippen molar-refractivity contribution in [1.29, 1.82) is 5.26 Å². The molecule has 0 spiro atoms. The van der Waals surface area contributed by atoms with Crippen LogP contribution in [-0.2, 0) is 0 Å². The lowest BCUT2D eigenvalue weighted by atomic mass is 10.0. The third-order valence-electron chi connectivity index (χ3n) is 2.17. The summed E-state index contributed by atoms with van der Waals surface area (Å²) in [6, 6.07) is 9.01. The Kier molecular flexibility index (Phi) is 3.09. The zero-order valence-electron chi connectivity index (χ0n) is 8.11. The van der Waals surface area contributed by atoms with E-state index in [0.29, 0.717) is 15.6 Å². The molecule has 0 radical (unpaired) electrons. The van der Waals surface area contributed by atoms with Crippen LogP contribution < -0.4 is 0 Å². The molecule has 0 fully saturated rings. The lowest BCUT2D eigenvalue weighted by molar-refractivity contribution is 1.31. The number of aromatic nitrogens is 1. The second kappa shape index (κ2) is 4.52. The van der Waals surface area contributed by atoms with Crippen LogP contribution in [0, 0.1) is 11.3 Å². The van der Waals surface area contributed by atoms with E-state index in [1.807, 2.05) is 6.07 Å². The molecule has 0 aliphatic rings. The van der Waals surface area contributed by atoms with E-state index in [2.05, 4.69) is 11.1 Å². The van der Waals surface area contributed by atoms with Crippen molar-refractivity contribution < 1.29 is 0 Å². The van der Waals surface area contributed by atoms with Crippen LogP contribution >= 0.6 is 23.2 Å². The molecule has 0 unspecified atom stereocenters. The molecule has 0 bridgehead atoms. The summed E-state index contributed by atoms with van der Waals surface area (Å²) < 4.78 is 0. The largest absolute Gasteiger partial charge is 0.264 e. The highest BCUT2D eigenvalue weighted by Crippen LogP contribution is 2.29. The molecule has 0 N–H and O–H groups in total. The van der Waals surface area contributed by atoms with Crippen LogP contribution in [0.3, 0.4) is 0 Å². The zero-order valence-corrected chi connectivity index (χ0v) is 9.63. The van der Waals surface area contributed by atoms with E-state index in [-0.39, 0.29) is 0 Å². The summed E-state index contributed by atoms with van der Waals surface area (Å²) in [5, 5.41) is 9.92. The van der Waals surface area contributed by atoms with Crippen molar-refractivity contribution in [3.63, 3.8) is 0 Å². The minimum absolute atomic E-state index is 0.465. The highest BCUT2D eigenvalue weighted by atomic mass is 35.5. The van der Waals surface area contributed by atoms with Gasteiger partial charge in [-0.05, 0) is 23.8 Å². The normalized spacial score (nSPS) is 9.81. The van der Waals surface area contributed by atoms with Crippen LogP contribution in [0.25, 0.3) is 11.1 Å². The van der Waals surface area contributed by atoms with E-state index in [0.717, 1.165) is 11.1 Å². The number of nitrogens with zero attached hydrogens (tertiary/aromatic N) is 2. The van der Waals surface area contributed by atoms with Crippen LogP contribution in [0.1, 0.15) is 5.56 Å². The van der Waals surface area contributed by atoms with Crippen molar-refractivity contribution in [2.24, 2.45) is 0 Å². The van der Waals surface area contributed by atoms with Gasteiger partial charge in [0.1, 0.15) is 0 Å². The van der Waals surface area contributed by atoms with Gasteiger partial charge in [-0.2, -0.15) is 5.26 Å². The molecule has 2 aromatic rings. The number of hydrogen-bond donors (Lipinski definition) is 0. The predicted octanol–water partition coefficient (Wildman–Crippen LogP) is 3.93. The van der Waals surface area contributed by atoms with Gasteiger partial charge in [-0.3, -0.25) is 4.98 Å². The van der Waals surface area contributed by atoms with Crippen LogP contribution in [0.2, 0.25) is 10.0 Å². The van der Waals surface area contributed by atoms with Gasteiger partial charge in [0.2, 0.25) is 0 Å². The van der Waals surface area contributed by atoms with Crippen molar-refractivity contribution in [3.05, 3.63) is 52.3 Å². The van der Waals surface area contributed by atoms with E-state index >= 15 is 0 Å². The summed E-state index contributed by atoms with van der Waals surface area (Å²) in [4.78, 5) is 3.99. The van der Waals surface area contributed by atoms with E-state index in [9.17, 15) is 0 Å². The molecule has 0 aliphatic carbocycles. The summed E-state index contributed by atoms with van der Waals surface area (Å²) in [6.45, 7) is 0. The van der Waals surface area contributed by atoms with Gasteiger partial charge < -0.3 is 0 Å². The van der Waals surface area contributed by atoms with Gasteiger partial charge in [-0.1, -0.05) is 29.3 Å². The predicted molar refractivity (Wildman–Crippen MR) is 64.4 cm³/mol. The summed E-state index contributed by atoms with van der Waals surface area (Å²) in [5.74, 6) is 0. The number of hydrogen-bond acceptors (Lipinski definition) is 2. The maximum absolute atomic E-state index is 8.97. The molecule has 0 amide bonds. The maximum atomic E-state index is 8.97. The molecule has 2 rings (SSSR count). The first kappa shape index (κ1) is 10.9. The van der Waals surface area contributed by atoms with Gasteiger partial charge in [0.05, 0.1) is 21.7 Å². The molecule has 2 nitrogen and oxygen atoms in total. The maximum Gasteiger partial charge on any atom is 0.0999 e. The first-order valence-corrected chi connectivity index (χ1v) is 5.27. The lowest BCUT2D eigenvalue weighted by Crippen LogP contribution is -1.85. The third kappa shape index (κ3) is 2.01.